The molecule has 1 fully saturated rings. The molecule has 2 rings (SSSR count). The predicted octanol–water partition coefficient (Wildman–Crippen LogP) is 2.98. The molecule has 1 aliphatic carbocycles. The second-order valence-corrected chi connectivity index (χ2v) is 4.04. The molecule has 0 spiro atoms. The van der Waals surface area contributed by atoms with Crippen molar-refractivity contribution in [3.8, 4) is 5.75 Å². The molecule has 1 saturated carbocycles. The van der Waals surface area contributed by atoms with Gasteiger partial charge in [0.15, 0.2) is 0 Å². The maximum absolute atomic E-state index is 9.75. The molecule has 2 heteroatoms. The van der Waals surface area contributed by atoms with E-state index < -0.39 is 0 Å². The molecule has 1 aromatic rings. The Balaban J connectivity index is 0.000000980. The summed E-state index contributed by atoms with van der Waals surface area (Å²) in [5.74, 6) is 1.10. The smallest absolute Gasteiger partial charge is 0.119 e. The Labute approximate surface area is 108 Å². The topological polar surface area (TPSA) is 20.2 Å². The maximum Gasteiger partial charge on any atom is 0.119 e. The number of rotatable bonds is 1. The first kappa shape index (κ1) is 12.1. The van der Waals surface area contributed by atoms with E-state index in [-0.39, 0.29) is 29.6 Å². The minimum Gasteiger partial charge on any atom is -0.508 e. The van der Waals surface area contributed by atoms with Crippen LogP contribution in [-0.2, 0) is 0 Å². The molecule has 14 heavy (non-hydrogen) atoms. The summed E-state index contributed by atoms with van der Waals surface area (Å²) in [5.41, 5.74) is 2.29. The van der Waals surface area contributed by atoms with E-state index in [0.29, 0.717) is 11.7 Å². The van der Waals surface area contributed by atoms with Gasteiger partial charge in [-0.1, -0.05) is 25.0 Å². The zero-order valence-electron chi connectivity index (χ0n) is 9.09. The number of hydrogen-bond acceptors (Lipinski definition) is 1. The molecule has 0 amide bonds. The summed E-state index contributed by atoms with van der Waals surface area (Å²) in [6, 6.07) is 6.04. The Kier molecular flexibility index (Phi) is 4.49. The van der Waals surface area contributed by atoms with Gasteiger partial charge in [0.2, 0.25) is 0 Å². The Morgan fingerprint density at radius 1 is 1.21 bits per heavy atom. The maximum atomic E-state index is 9.75. The van der Waals surface area contributed by atoms with Crippen LogP contribution in [0.3, 0.4) is 0 Å². The summed E-state index contributed by atoms with van der Waals surface area (Å²) < 4.78 is 0. The molecule has 1 aromatic carbocycles. The van der Waals surface area contributed by atoms with E-state index >= 15 is 0 Å². The largest absolute Gasteiger partial charge is 0.508 e. The molecule has 0 heterocycles. The molecule has 0 aromatic heterocycles. The van der Waals surface area contributed by atoms with E-state index in [0.717, 1.165) is 11.1 Å². The normalized spacial score (nSPS) is 16.6. The van der Waals surface area contributed by atoms with Gasteiger partial charge in [0.05, 0.1) is 0 Å². The van der Waals surface area contributed by atoms with Crippen LogP contribution in [0, 0.1) is 6.92 Å². The minimum absolute atomic E-state index is 0. The monoisotopic (exact) mass is 199 g/mol. The molecule has 1 radical (unpaired) electrons. The predicted molar refractivity (Wildman–Crippen MR) is 59.8 cm³/mol. The number of phenolic OH excluding ortho intramolecular Hbond substituents is 1. The van der Waals surface area contributed by atoms with Gasteiger partial charge in [-0.2, -0.15) is 0 Å². The van der Waals surface area contributed by atoms with Crippen molar-refractivity contribution in [2.24, 2.45) is 0 Å². The van der Waals surface area contributed by atoms with Crippen LogP contribution in [0.1, 0.15) is 42.7 Å². The van der Waals surface area contributed by atoms with E-state index in [2.05, 4.69) is 12.1 Å². The van der Waals surface area contributed by atoms with Gasteiger partial charge < -0.3 is 5.11 Å². The number of aromatic hydroxyl groups is 1. The van der Waals surface area contributed by atoms with Crippen LogP contribution in [0.15, 0.2) is 18.2 Å². The first-order valence-electron chi connectivity index (χ1n) is 5.07. The van der Waals surface area contributed by atoms with Crippen LogP contribution in [0.4, 0.5) is 0 Å². The van der Waals surface area contributed by atoms with E-state index in [4.69, 9.17) is 0 Å². The molecule has 0 saturated heterocycles. The van der Waals surface area contributed by atoms with Crippen LogP contribution in [0.5, 0.6) is 5.75 Å². The van der Waals surface area contributed by atoms with Crippen LogP contribution < -0.4 is 0 Å². The van der Waals surface area contributed by atoms with Crippen molar-refractivity contribution in [3.63, 3.8) is 0 Å². The number of benzene rings is 1. The fourth-order valence-electron chi connectivity index (χ4n) is 2.24. The Bertz CT molecular complexity index is 303. The molecule has 0 aliphatic heterocycles. The quantitative estimate of drug-likeness (QED) is 0.689. The molecule has 1 aliphatic rings. The van der Waals surface area contributed by atoms with Gasteiger partial charge in [-0.25, -0.2) is 0 Å². The van der Waals surface area contributed by atoms with Gasteiger partial charge in [-0.05, 0) is 42.9 Å². The average molecular weight is 199 g/mol. The molecule has 0 unspecified atom stereocenters. The summed E-state index contributed by atoms with van der Waals surface area (Å²) in [6.07, 6.45) is 5.13. The summed E-state index contributed by atoms with van der Waals surface area (Å²) in [5, 5.41) is 9.75. The molecule has 71 valence electrons. The van der Waals surface area contributed by atoms with Crippen molar-refractivity contribution in [2.75, 3.05) is 0 Å². The van der Waals surface area contributed by atoms with Crippen molar-refractivity contribution in [1.29, 1.82) is 0 Å². The van der Waals surface area contributed by atoms with Crippen molar-refractivity contribution in [1.82, 2.24) is 0 Å². The van der Waals surface area contributed by atoms with E-state index in [1.807, 2.05) is 13.0 Å². The van der Waals surface area contributed by atoms with Crippen LogP contribution in [0.2, 0.25) is 0 Å². The second kappa shape index (κ2) is 5.20. The number of aryl methyl sites for hydroxylation is 1. The van der Waals surface area contributed by atoms with E-state index in [9.17, 15) is 5.11 Å². The van der Waals surface area contributed by atoms with Crippen molar-refractivity contribution in [3.05, 3.63) is 29.3 Å². The van der Waals surface area contributed by atoms with Crippen molar-refractivity contribution >= 4 is 29.6 Å². The van der Waals surface area contributed by atoms with Gasteiger partial charge in [-0.15, -0.1) is 0 Å². The van der Waals surface area contributed by atoms with Gasteiger partial charge in [0.25, 0.3) is 0 Å². The Hall–Kier alpha value is 0.0200. The van der Waals surface area contributed by atoms with Crippen LogP contribution >= 0.6 is 0 Å². The van der Waals surface area contributed by atoms with Gasteiger partial charge in [-0.3, -0.25) is 0 Å². The summed E-state index contributed by atoms with van der Waals surface area (Å²) in [6.45, 7) is 2.01. The molecular formula is C12H16NaO. The first-order valence-corrected chi connectivity index (χ1v) is 5.07. The van der Waals surface area contributed by atoms with Gasteiger partial charge >= 0.3 is 0 Å². The zero-order valence-corrected chi connectivity index (χ0v) is 11.1. The number of phenols is 1. The third-order valence-corrected chi connectivity index (χ3v) is 2.98. The fourth-order valence-corrected chi connectivity index (χ4v) is 2.24. The van der Waals surface area contributed by atoms with Crippen molar-refractivity contribution < 1.29 is 5.11 Å². The minimum atomic E-state index is 0. The standard InChI is InChI=1S/C12H16O.Na/c1-9-6-7-11(12(13)8-9)10-4-2-3-5-10;/h6-8,10,13H,2-5H2,1H3;. The molecule has 0 bridgehead atoms. The molecule has 1 nitrogen and oxygen atoms in total. The van der Waals surface area contributed by atoms with E-state index in [1.54, 1.807) is 0 Å². The summed E-state index contributed by atoms with van der Waals surface area (Å²) in [4.78, 5) is 0. The Morgan fingerprint density at radius 2 is 1.86 bits per heavy atom. The average Bonchev–Trinajstić information content (AvgIpc) is 2.56. The van der Waals surface area contributed by atoms with Gasteiger partial charge in [0.1, 0.15) is 5.75 Å². The van der Waals surface area contributed by atoms with Crippen LogP contribution in [-0.4, -0.2) is 34.7 Å². The summed E-state index contributed by atoms with van der Waals surface area (Å²) >= 11 is 0. The third-order valence-electron chi connectivity index (χ3n) is 2.98. The SMILES string of the molecule is Cc1ccc(C2CCCC2)c(O)c1.[Na]. The van der Waals surface area contributed by atoms with Gasteiger partial charge in [0, 0.05) is 29.6 Å². The third kappa shape index (κ3) is 2.53. The molecule has 1 N–H and O–H groups in total. The fraction of sp³-hybridized carbons (Fsp3) is 0.500. The van der Waals surface area contributed by atoms with Crippen LogP contribution in [0.25, 0.3) is 0 Å². The summed E-state index contributed by atoms with van der Waals surface area (Å²) in [7, 11) is 0. The Morgan fingerprint density at radius 3 is 2.43 bits per heavy atom. The number of hydrogen-bond donors (Lipinski definition) is 1. The molecule has 0 atom stereocenters. The van der Waals surface area contributed by atoms with Crippen molar-refractivity contribution in [2.45, 2.75) is 38.5 Å². The first-order chi connectivity index (χ1) is 6.27. The van der Waals surface area contributed by atoms with E-state index in [1.165, 1.54) is 25.7 Å². The zero-order chi connectivity index (χ0) is 9.26. The molecular weight excluding hydrogens is 183 g/mol. The second-order valence-electron chi connectivity index (χ2n) is 4.04.